The maximum atomic E-state index is 12.2. The maximum Gasteiger partial charge on any atom is 0.329 e. The maximum absolute atomic E-state index is 12.2. The van der Waals surface area contributed by atoms with E-state index in [9.17, 15) is 9.59 Å². The molecule has 0 unspecified atom stereocenters. The molecule has 2 aromatic heterocycles. The van der Waals surface area contributed by atoms with Crippen LogP contribution in [-0.2, 0) is 13.6 Å². The highest BCUT2D eigenvalue weighted by atomic mass is 32.2. The second-order valence-corrected chi connectivity index (χ2v) is 6.90. The van der Waals surface area contributed by atoms with Crippen molar-refractivity contribution >= 4 is 22.9 Å². The molecular formula is C16H24N4O2S. The van der Waals surface area contributed by atoms with Crippen molar-refractivity contribution in [2.24, 2.45) is 7.05 Å². The van der Waals surface area contributed by atoms with Crippen LogP contribution in [-0.4, -0.2) is 24.9 Å². The molecule has 0 saturated carbocycles. The number of H-pyrrole nitrogens is 1. The molecule has 2 aromatic rings. The van der Waals surface area contributed by atoms with E-state index in [-0.39, 0.29) is 0 Å². The molecule has 23 heavy (non-hydrogen) atoms. The van der Waals surface area contributed by atoms with Crippen LogP contribution in [0.15, 0.2) is 26.9 Å². The first-order valence-corrected chi connectivity index (χ1v) is 8.91. The van der Waals surface area contributed by atoms with Crippen LogP contribution in [0.1, 0.15) is 39.5 Å². The molecule has 0 aliphatic heterocycles. The number of unbranched alkanes of at least 4 members (excludes halogenated alkanes) is 3. The van der Waals surface area contributed by atoms with Gasteiger partial charge in [0, 0.05) is 19.3 Å². The molecule has 0 aromatic carbocycles. The summed E-state index contributed by atoms with van der Waals surface area (Å²) >= 11 is 1.63. The van der Waals surface area contributed by atoms with Gasteiger partial charge in [0.2, 0.25) is 0 Å². The largest absolute Gasteiger partial charge is 0.329 e. The molecule has 0 bridgehead atoms. The van der Waals surface area contributed by atoms with Gasteiger partial charge in [-0.05, 0) is 13.3 Å². The molecule has 0 atom stereocenters. The van der Waals surface area contributed by atoms with Crippen molar-refractivity contribution in [3.8, 4) is 0 Å². The molecule has 0 aliphatic rings. The molecule has 2 heterocycles. The summed E-state index contributed by atoms with van der Waals surface area (Å²) in [7, 11) is 1.62. The Kier molecular flexibility index (Phi) is 5.87. The van der Waals surface area contributed by atoms with Gasteiger partial charge in [0.05, 0.1) is 0 Å². The van der Waals surface area contributed by atoms with Gasteiger partial charge in [0.25, 0.3) is 5.56 Å². The van der Waals surface area contributed by atoms with Crippen LogP contribution < -0.4 is 11.2 Å². The molecule has 0 aliphatic carbocycles. The van der Waals surface area contributed by atoms with E-state index in [2.05, 4.69) is 23.5 Å². The smallest absolute Gasteiger partial charge is 0.309 e. The van der Waals surface area contributed by atoms with Crippen LogP contribution in [0.4, 0.5) is 0 Å². The number of nitrogens with one attached hydrogen (secondary N) is 1. The lowest BCUT2D eigenvalue weighted by Gasteiger charge is -2.08. The Labute approximate surface area is 139 Å². The Hall–Kier alpha value is -1.76. The van der Waals surface area contributed by atoms with Gasteiger partial charge in [0.1, 0.15) is 0 Å². The number of aromatic nitrogens is 4. The average Bonchev–Trinajstić information content (AvgIpc) is 2.83. The monoisotopic (exact) mass is 336 g/mol. The van der Waals surface area contributed by atoms with E-state index in [0.717, 1.165) is 22.9 Å². The number of hydrogen-bond acceptors (Lipinski definition) is 4. The molecule has 6 nitrogen and oxygen atoms in total. The highest BCUT2D eigenvalue weighted by Crippen LogP contribution is 2.23. The van der Waals surface area contributed by atoms with E-state index < -0.39 is 11.2 Å². The topological polar surface area (TPSA) is 72.7 Å². The van der Waals surface area contributed by atoms with Crippen molar-refractivity contribution in [1.29, 1.82) is 0 Å². The van der Waals surface area contributed by atoms with E-state index in [1.54, 1.807) is 18.8 Å². The minimum Gasteiger partial charge on any atom is -0.309 e. The highest BCUT2D eigenvalue weighted by Gasteiger charge is 2.17. The van der Waals surface area contributed by atoms with Gasteiger partial charge in [0.15, 0.2) is 16.3 Å². The second kappa shape index (κ2) is 7.68. The summed E-state index contributed by atoms with van der Waals surface area (Å²) in [4.78, 5) is 30.9. The van der Waals surface area contributed by atoms with Gasteiger partial charge in [-0.1, -0.05) is 50.1 Å². The summed E-state index contributed by atoms with van der Waals surface area (Å²) in [5, 5.41) is 0.770. The Morgan fingerprint density at radius 2 is 2.04 bits per heavy atom. The van der Waals surface area contributed by atoms with Gasteiger partial charge < -0.3 is 4.57 Å². The Balaban J connectivity index is 2.40. The van der Waals surface area contributed by atoms with Gasteiger partial charge in [-0.3, -0.25) is 14.3 Å². The third kappa shape index (κ3) is 3.96. The SMILES string of the molecule is C=C(C)Cn1c(SCCCCCC)nc2c1c(=O)[nH]c(=O)n2C. The van der Waals surface area contributed by atoms with E-state index in [1.807, 2.05) is 11.5 Å². The van der Waals surface area contributed by atoms with E-state index >= 15 is 0 Å². The van der Waals surface area contributed by atoms with Gasteiger partial charge in [-0.2, -0.15) is 0 Å². The number of thioether (sulfide) groups is 1. The lowest BCUT2D eigenvalue weighted by Crippen LogP contribution is -2.29. The quantitative estimate of drug-likeness (QED) is 0.457. The fourth-order valence-corrected chi connectivity index (χ4v) is 3.43. The molecule has 0 spiro atoms. The van der Waals surface area contributed by atoms with Gasteiger partial charge in [-0.25, -0.2) is 9.78 Å². The Morgan fingerprint density at radius 3 is 2.70 bits per heavy atom. The van der Waals surface area contributed by atoms with E-state index in [1.165, 1.54) is 23.8 Å². The molecule has 2 rings (SSSR count). The molecule has 0 radical (unpaired) electrons. The fourth-order valence-electron chi connectivity index (χ4n) is 2.43. The highest BCUT2D eigenvalue weighted by molar-refractivity contribution is 7.99. The third-order valence-corrected chi connectivity index (χ3v) is 4.69. The molecule has 0 saturated heterocycles. The van der Waals surface area contributed by atoms with Crippen molar-refractivity contribution in [1.82, 2.24) is 19.1 Å². The van der Waals surface area contributed by atoms with Crippen LogP contribution in [0.25, 0.3) is 11.2 Å². The average molecular weight is 336 g/mol. The van der Waals surface area contributed by atoms with Gasteiger partial charge >= 0.3 is 5.69 Å². The zero-order valence-electron chi connectivity index (χ0n) is 14.0. The Morgan fingerprint density at radius 1 is 1.30 bits per heavy atom. The van der Waals surface area contributed by atoms with Crippen molar-refractivity contribution in [2.45, 2.75) is 51.2 Å². The lowest BCUT2D eigenvalue weighted by atomic mass is 10.2. The van der Waals surface area contributed by atoms with Gasteiger partial charge in [-0.15, -0.1) is 0 Å². The summed E-state index contributed by atoms with van der Waals surface area (Å²) < 4.78 is 3.24. The molecule has 0 amide bonds. The van der Waals surface area contributed by atoms with Crippen LogP contribution in [0.5, 0.6) is 0 Å². The van der Waals surface area contributed by atoms with Crippen LogP contribution >= 0.6 is 11.8 Å². The lowest BCUT2D eigenvalue weighted by molar-refractivity contribution is 0.699. The minimum absolute atomic E-state index is 0.394. The molecule has 7 heteroatoms. The van der Waals surface area contributed by atoms with Crippen molar-refractivity contribution < 1.29 is 0 Å². The van der Waals surface area contributed by atoms with E-state index in [4.69, 9.17) is 0 Å². The van der Waals surface area contributed by atoms with Crippen molar-refractivity contribution in [3.05, 3.63) is 33.0 Å². The molecule has 126 valence electrons. The molecule has 1 N–H and O–H groups in total. The molecular weight excluding hydrogens is 312 g/mol. The predicted molar refractivity (Wildman–Crippen MR) is 95.3 cm³/mol. The zero-order chi connectivity index (χ0) is 17.0. The van der Waals surface area contributed by atoms with Crippen LogP contribution in [0.2, 0.25) is 0 Å². The number of fused-ring (bicyclic) bond motifs is 1. The number of allylic oxidation sites excluding steroid dienone is 1. The third-order valence-electron chi connectivity index (χ3n) is 3.63. The summed E-state index contributed by atoms with van der Waals surface area (Å²) in [6, 6.07) is 0. The predicted octanol–water partition coefficient (Wildman–Crippen LogP) is 2.67. The second-order valence-electron chi connectivity index (χ2n) is 5.84. The number of imidazole rings is 1. The first-order valence-electron chi connectivity index (χ1n) is 7.92. The first kappa shape index (κ1) is 17.6. The summed E-state index contributed by atoms with van der Waals surface area (Å²) in [6.07, 6.45) is 4.75. The number of aromatic amines is 1. The standard InChI is InChI=1S/C16H24N4O2S/c1-5-6-7-8-9-23-16-17-13-12(20(16)10-11(2)3)14(21)18-15(22)19(13)4/h2,5-10H2,1,3-4H3,(H,18,21,22). The summed E-state index contributed by atoms with van der Waals surface area (Å²) in [5.74, 6) is 0.950. The number of aryl methyl sites for hydroxylation is 1. The van der Waals surface area contributed by atoms with E-state index in [0.29, 0.717) is 17.7 Å². The van der Waals surface area contributed by atoms with Crippen LogP contribution in [0.3, 0.4) is 0 Å². The first-order chi connectivity index (χ1) is 11.0. The number of hydrogen-bond donors (Lipinski definition) is 1. The summed E-state index contributed by atoms with van der Waals surface area (Å²) in [6.45, 7) is 8.55. The Bertz CT molecular complexity index is 816. The number of nitrogens with zero attached hydrogens (tertiary/aromatic N) is 3. The normalized spacial score (nSPS) is 11.3. The van der Waals surface area contributed by atoms with Crippen molar-refractivity contribution in [3.63, 3.8) is 0 Å². The zero-order valence-corrected chi connectivity index (χ0v) is 14.8. The molecule has 0 fully saturated rings. The van der Waals surface area contributed by atoms with Crippen molar-refractivity contribution in [2.75, 3.05) is 5.75 Å². The van der Waals surface area contributed by atoms with Crippen LogP contribution in [0, 0.1) is 0 Å². The number of rotatable bonds is 8. The fraction of sp³-hybridized carbons (Fsp3) is 0.562. The summed E-state index contributed by atoms with van der Waals surface area (Å²) in [5.41, 5.74) is 0.962. The minimum atomic E-state index is -0.443.